The Morgan fingerprint density at radius 3 is 2.26 bits per heavy atom. The van der Waals surface area contributed by atoms with Crippen LogP contribution in [0.5, 0.6) is 0 Å². The standard InChI is InChI=1S/C24H31BrN6O2S.CH4/c25-19-9-11-20(12-10-19)34(32,33)29-16-18-7-5-17(6-8-18)15-28-24-30-22-4-2-1-3-21(22)23(31-24)27-14-13-26;/h1-4,9-12,17-18,29H,5-8,13-16,26H2,(H2,27,28,30,31);1H4. The van der Waals surface area contributed by atoms with Crippen molar-refractivity contribution in [3.8, 4) is 0 Å². The predicted octanol–water partition coefficient (Wildman–Crippen LogP) is 4.60. The number of nitrogens with zero attached hydrogens (tertiary/aromatic N) is 2. The van der Waals surface area contributed by atoms with Crippen molar-refractivity contribution < 1.29 is 8.42 Å². The lowest BCUT2D eigenvalue weighted by Gasteiger charge is -2.28. The van der Waals surface area contributed by atoms with E-state index >= 15 is 0 Å². The fraction of sp³-hybridized carbons (Fsp3) is 0.440. The minimum Gasteiger partial charge on any atom is -0.368 e. The molecule has 4 rings (SSSR count). The van der Waals surface area contributed by atoms with Crippen LogP contribution < -0.4 is 21.1 Å². The van der Waals surface area contributed by atoms with E-state index in [0.717, 1.165) is 53.4 Å². The molecule has 0 radical (unpaired) electrons. The van der Waals surface area contributed by atoms with E-state index in [1.54, 1.807) is 24.3 Å². The summed E-state index contributed by atoms with van der Waals surface area (Å²) in [5.41, 5.74) is 6.54. The Balaban J connectivity index is 0.00000342. The Bertz CT molecular complexity index is 1200. The summed E-state index contributed by atoms with van der Waals surface area (Å²) in [5.74, 6) is 2.27. The van der Waals surface area contributed by atoms with Crippen molar-refractivity contribution in [1.29, 1.82) is 0 Å². The largest absolute Gasteiger partial charge is 0.368 e. The fourth-order valence-corrected chi connectivity index (χ4v) is 5.66. The molecule has 1 aromatic heterocycles. The van der Waals surface area contributed by atoms with Crippen LogP contribution in [0, 0.1) is 11.8 Å². The van der Waals surface area contributed by atoms with Gasteiger partial charge in [0.15, 0.2) is 0 Å². The first-order valence-electron chi connectivity index (χ1n) is 11.6. The molecule has 0 amide bonds. The smallest absolute Gasteiger partial charge is 0.240 e. The summed E-state index contributed by atoms with van der Waals surface area (Å²) < 4.78 is 28.7. The average molecular weight is 564 g/mol. The Hall–Kier alpha value is -2.27. The van der Waals surface area contributed by atoms with Crippen molar-refractivity contribution in [2.24, 2.45) is 17.6 Å². The maximum absolute atomic E-state index is 12.5. The third-order valence-corrected chi connectivity index (χ3v) is 8.21. The molecule has 1 aliphatic rings. The summed E-state index contributed by atoms with van der Waals surface area (Å²) in [7, 11) is -3.48. The normalized spacial score (nSPS) is 18.1. The maximum Gasteiger partial charge on any atom is 0.240 e. The van der Waals surface area contributed by atoms with Gasteiger partial charge >= 0.3 is 0 Å². The molecule has 1 saturated carbocycles. The molecule has 3 aromatic rings. The van der Waals surface area contributed by atoms with Gasteiger partial charge in [0.25, 0.3) is 0 Å². The number of halogens is 1. The second kappa shape index (κ2) is 12.6. The van der Waals surface area contributed by atoms with Gasteiger partial charge in [-0.05, 0) is 73.9 Å². The lowest BCUT2D eigenvalue weighted by Crippen LogP contribution is -2.32. The molecule has 35 heavy (non-hydrogen) atoms. The molecule has 2 aromatic carbocycles. The number of hydrogen-bond acceptors (Lipinski definition) is 7. The zero-order valence-corrected chi connectivity index (χ0v) is 21.4. The first-order chi connectivity index (χ1) is 16.4. The zero-order valence-electron chi connectivity index (χ0n) is 19.0. The summed E-state index contributed by atoms with van der Waals surface area (Å²) in [5, 5.41) is 7.68. The number of benzene rings is 2. The Kier molecular flexibility index (Phi) is 9.85. The van der Waals surface area contributed by atoms with Crippen molar-refractivity contribution in [3.05, 3.63) is 53.0 Å². The average Bonchev–Trinajstić information content (AvgIpc) is 2.85. The van der Waals surface area contributed by atoms with Crippen LogP contribution in [0.25, 0.3) is 10.9 Å². The number of anilines is 2. The van der Waals surface area contributed by atoms with Crippen molar-refractivity contribution in [2.75, 3.05) is 36.8 Å². The number of sulfonamides is 1. The molecule has 5 N–H and O–H groups in total. The van der Waals surface area contributed by atoms with E-state index in [4.69, 9.17) is 5.73 Å². The van der Waals surface area contributed by atoms with Gasteiger partial charge in [0.1, 0.15) is 5.82 Å². The van der Waals surface area contributed by atoms with E-state index in [1.807, 2.05) is 24.3 Å². The predicted molar refractivity (Wildman–Crippen MR) is 147 cm³/mol. The van der Waals surface area contributed by atoms with E-state index in [-0.39, 0.29) is 7.43 Å². The number of hydrogen-bond donors (Lipinski definition) is 4. The van der Waals surface area contributed by atoms with E-state index in [0.29, 0.717) is 42.3 Å². The van der Waals surface area contributed by atoms with Crippen molar-refractivity contribution >= 4 is 48.6 Å². The van der Waals surface area contributed by atoms with Crippen LogP contribution in [-0.4, -0.2) is 44.6 Å². The molecule has 190 valence electrons. The number of fused-ring (bicyclic) bond motifs is 1. The molecule has 10 heteroatoms. The Morgan fingerprint density at radius 2 is 1.57 bits per heavy atom. The van der Waals surface area contributed by atoms with Gasteiger partial charge in [-0.3, -0.25) is 0 Å². The Morgan fingerprint density at radius 1 is 0.914 bits per heavy atom. The van der Waals surface area contributed by atoms with Gasteiger partial charge in [0, 0.05) is 36.0 Å². The third kappa shape index (κ3) is 7.36. The molecule has 0 aliphatic heterocycles. The minimum atomic E-state index is -3.48. The number of nitrogens with two attached hydrogens (primary N) is 1. The first-order valence-corrected chi connectivity index (χ1v) is 13.9. The third-order valence-electron chi connectivity index (χ3n) is 6.24. The van der Waals surface area contributed by atoms with Crippen LogP contribution in [0.3, 0.4) is 0 Å². The molecular formula is C25H35BrN6O2S. The van der Waals surface area contributed by atoms with E-state index in [1.165, 1.54) is 0 Å². The van der Waals surface area contributed by atoms with E-state index in [9.17, 15) is 8.42 Å². The molecule has 0 saturated heterocycles. The molecule has 8 nitrogen and oxygen atoms in total. The van der Waals surface area contributed by atoms with Crippen molar-refractivity contribution in [2.45, 2.75) is 38.0 Å². The summed E-state index contributed by atoms with van der Waals surface area (Å²) >= 11 is 3.33. The highest BCUT2D eigenvalue weighted by Crippen LogP contribution is 2.29. The monoisotopic (exact) mass is 562 g/mol. The topological polar surface area (TPSA) is 122 Å². The van der Waals surface area contributed by atoms with Gasteiger partial charge in [-0.25, -0.2) is 18.1 Å². The molecule has 0 bridgehead atoms. The highest BCUT2D eigenvalue weighted by atomic mass is 79.9. The SMILES string of the molecule is C.NCCNc1nc(NCC2CCC(CNS(=O)(=O)c3ccc(Br)cc3)CC2)nc2ccccc12. The van der Waals surface area contributed by atoms with Crippen LogP contribution >= 0.6 is 15.9 Å². The van der Waals surface area contributed by atoms with Gasteiger partial charge < -0.3 is 16.4 Å². The quantitative estimate of drug-likeness (QED) is 0.285. The minimum absolute atomic E-state index is 0. The highest BCUT2D eigenvalue weighted by Gasteiger charge is 2.23. The Labute approximate surface area is 216 Å². The van der Waals surface area contributed by atoms with Gasteiger partial charge in [-0.2, -0.15) is 4.98 Å². The summed E-state index contributed by atoms with van der Waals surface area (Å²) in [6, 6.07) is 14.6. The number of para-hydroxylation sites is 1. The molecule has 1 aliphatic carbocycles. The van der Waals surface area contributed by atoms with Crippen molar-refractivity contribution in [1.82, 2.24) is 14.7 Å². The highest BCUT2D eigenvalue weighted by molar-refractivity contribution is 9.10. The van der Waals surface area contributed by atoms with Gasteiger partial charge in [-0.1, -0.05) is 35.5 Å². The molecule has 1 fully saturated rings. The van der Waals surface area contributed by atoms with Crippen molar-refractivity contribution in [3.63, 3.8) is 0 Å². The van der Waals surface area contributed by atoms with E-state index in [2.05, 4.69) is 41.3 Å². The number of aromatic nitrogens is 2. The zero-order chi connectivity index (χ0) is 24.0. The van der Waals surface area contributed by atoms with Gasteiger partial charge in [0.2, 0.25) is 16.0 Å². The van der Waals surface area contributed by atoms with Crippen LogP contribution in [0.15, 0.2) is 57.9 Å². The van der Waals surface area contributed by atoms with Gasteiger partial charge in [0.05, 0.1) is 10.4 Å². The molecular weight excluding hydrogens is 528 g/mol. The van der Waals surface area contributed by atoms with Crippen LogP contribution in [0.4, 0.5) is 11.8 Å². The van der Waals surface area contributed by atoms with Crippen LogP contribution in [-0.2, 0) is 10.0 Å². The lowest BCUT2D eigenvalue weighted by atomic mass is 9.82. The summed E-state index contributed by atoms with van der Waals surface area (Å²) in [6.45, 7) is 2.45. The summed E-state index contributed by atoms with van der Waals surface area (Å²) in [4.78, 5) is 9.62. The molecule has 1 heterocycles. The maximum atomic E-state index is 12.5. The second-order valence-electron chi connectivity index (χ2n) is 8.70. The second-order valence-corrected chi connectivity index (χ2v) is 11.4. The van der Waals surface area contributed by atoms with E-state index < -0.39 is 10.0 Å². The fourth-order valence-electron chi connectivity index (χ4n) is 4.28. The lowest BCUT2D eigenvalue weighted by molar-refractivity contribution is 0.284. The number of nitrogens with one attached hydrogen (secondary N) is 3. The number of rotatable bonds is 10. The molecule has 0 atom stereocenters. The first kappa shape index (κ1) is 27.3. The molecule has 0 unspecified atom stereocenters. The van der Waals surface area contributed by atoms with Crippen LogP contribution in [0.2, 0.25) is 0 Å². The summed E-state index contributed by atoms with van der Waals surface area (Å²) in [6.07, 6.45) is 4.08. The van der Waals surface area contributed by atoms with Crippen LogP contribution in [0.1, 0.15) is 33.1 Å². The molecule has 0 spiro atoms. The van der Waals surface area contributed by atoms with Gasteiger partial charge in [-0.15, -0.1) is 0 Å².